The van der Waals surface area contributed by atoms with Crippen molar-refractivity contribution in [3.63, 3.8) is 0 Å². The lowest BCUT2D eigenvalue weighted by atomic mass is 9.94. The highest BCUT2D eigenvalue weighted by Crippen LogP contribution is 2.37. The van der Waals surface area contributed by atoms with Gasteiger partial charge in [0.05, 0.1) is 6.04 Å². The maximum absolute atomic E-state index is 14.7. The molecule has 0 aliphatic carbocycles. The Morgan fingerprint density at radius 2 is 1.78 bits per heavy atom. The minimum Gasteiger partial charge on any atom is -0.505 e. The molecule has 2 N–H and O–H groups in total. The van der Waals surface area contributed by atoms with Gasteiger partial charge in [-0.1, -0.05) is 42.0 Å². The van der Waals surface area contributed by atoms with E-state index in [1.165, 1.54) is 6.07 Å². The fourth-order valence-corrected chi connectivity index (χ4v) is 3.18. The van der Waals surface area contributed by atoms with Crippen LogP contribution in [0.1, 0.15) is 22.7 Å². The van der Waals surface area contributed by atoms with Gasteiger partial charge in [-0.2, -0.15) is 0 Å². The number of fused-ring (bicyclic) bond motifs is 1. The van der Waals surface area contributed by atoms with E-state index in [0.29, 0.717) is 22.5 Å². The summed E-state index contributed by atoms with van der Waals surface area (Å²) in [4.78, 5) is 8.56. The van der Waals surface area contributed by atoms with Crippen LogP contribution in [0.15, 0.2) is 73.1 Å². The van der Waals surface area contributed by atoms with E-state index in [9.17, 15) is 9.50 Å². The van der Waals surface area contributed by atoms with Gasteiger partial charge in [-0.25, -0.2) is 9.37 Å². The number of rotatable bonds is 4. The molecule has 1 unspecified atom stereocenters. The first-order valence-electron chi connectivity index (χ1n) is 8.63. The zero-order valence-electron chi connectivity index (χ0n) is 14.7. The number of hydrogen-bond donors (Lipinski definition) is 2. The zero-order valence-corrected chi connectivity index (χ0v) is 14.7. The summed E-state index contributed by atoms with van der Waals surface area (Å²) in [5.74, 6) is 0.265. The van der Waals surface area contributed by atoms with Crippen LogP contribution in [0.2, 0.25) is 0 Å². The number of anilines is 1. The third-order valence-corrected chi connectivity index (χ3v) is 4.51. The molecule has 0 aliphatic heterocycles. The molecule has 0 saturated carbocycles. The van der Waals surface area contributed by atoms with E-state index in [1.807, 2.05) is 37.3 Å². The molecule has 0 spiro atoms. The smallest absolute Gasteiger partial charge is 0.147 e. The molecule has 5 heteroatoms. The molecule has 134 valence electrons. The Morgan fingerprint density at radius 3 is 2.59 bits per heavy atom. The van der Waals surface area contributed by atoms with Crippen molar-refractivity contribution < 1.29 is 9.50 Å². The third kappa shape index (κ3) is 3.31. The van der Waals surface area contributed by atoms with E-state index in [1.54, 1.807) is 36.7 Å². The summed E-state index contributed by atoms with van der Waals surface area (Å²) in [6.45, 7) is 1.91. The fourth-order valence-electron chi connectivity index (χ4n) is 3.18. The predicted molar refractivity (Wildman–Crippen MR) is 104 cm³/mol. The number of aromatic hydroxyl groups is 1. The predicted octanol–water partition coefficient (Wildman–Crippen LogP) is 4.98. The van der Waals surface area contributed by atoms with Crippen LogP contribution >= 0.6 is 0 Å². The Labute approximate surface area is 156 Å². The SMILES string of the molecule is Cc1ccc(F)c(C(Nc2ccccn2)c2ccc3cccnc3c2O)c1. The number of nitrogens with zero attached hydrogens (tertiary/aromatic N) is 2. The van der Waals surface area contributed by atoms with E-state index in [4.69, 9.17) is 0 Å². The first kappa shape index (κ1) is 17.0. The Hall–Kier alpha value is -3.47. The highest BCUT2D eigenvalue weighted by molar-refractivity contribution is 5.86. The number of nitrogens with one attached hydrogen (secondary N) is 1. The Bertz CT molecular complexity index is 1100. The van der Waals surface area contributed by atoms with Gasteiger partial charge in [0, 0.05) is 28.9 Å². The highest BCUT2D eigenvalue weighted by Gasteiger charge is 2.23. The topological polar surface area (TPSA) is 58.0 Å². The average Bonchev–Trinajstić information content (AvgIpc) is 2.70. The van der Waals surface area contributed by atoms with Crippen LogP contribution in [0.3, 0.4) is 0 Å². The molecule has 2 heterocycles. The minimum absolute atomic E-state index is 0.0300. The number of hydrogen-bond acceptors (Lipinski definition) is 4. The fraction of sp³-hybridized carbons (Fsp3) is 0.0909. The number of halogens is 1. The molecule has 0 saturated heterocycles. The summed E-state index contributed by atoms with van der Waals surface area (Å²) < 4.78 is 14.7. The molecule has 4 nitrogen and oxygen atoms in total. The molecule has 4 rings (SSSR count). The van der Waals surface area contributed by atoms with Crippen LogP contribution in [-0.2, 0) is 0 Å². The normalized spacial score (nSPS) is 12.1. The number of aryl methyl sites for hydroxylation is 1. The average molecular weight is 359 g/mol. The molecule has 27 heavy (non-hydrogen) atoms. The molecular formula is C22H18FN3O. The number of pyridine rings is 2. The van der Waals surface area contributed by atoms with Gasteiger partial charge < -0.3 is 10.4 Å². The van der Waals surface area contributed by atoms with Gasteiger partial charge in [-0.15, -0.1) is 0 Å². The summed E-state index contributed by atoms with van der Waals surface area (Å²) in [5, 5.41) is 14.9. The van der Waals surface area contributed by atoms with Crippen molar-refractivity contribution in [1.29, 1.82) is 0 Å². The second kappa shape index (κ2) is 7.03. The summed E-state index contributed by atoms with van der Waals surface area (Å²) in [7, 11) is 0. The number of phenols is 1. The Kier molecular flexibility index (Phi) is 4.42. The van der Waals surface area contributed by atoms with Gasteiger partial charge in [0.25, 0.3) is 0 Å². The van der Waals surface area contributed by atoms with Crippen LogP contribution in [0.5, 0.6) is 5.75 Å². The van der Waals surface area contributed by atoms with Crippen LogP contribution in [0.25, 0.3) is 10.9 Å². The molecule has 0 aliphatic rings. The van der Waals surface area contributed by atoms with Gasteiger partial charge in [0.2, 0.25) is 0 Å². The summed E-state index contributed by atoms with van der Waals surface area (Å²) in [6, 6.07) is 17.1. The van der Waals surface area contributed by atoms with Gasteiger partial charge in [-0.3, -0.25) is 4.98 Å². The number of aromatic nitrogens is 2. The number of benzene rings is 2. The second-order valence-electron chi connectivity index (χ2n) is 6.40. The lowest BCUT2D eigenvalue weighted by molar-refractivity contribution is 0.470. The van der Waals surface area contributed by atoms with Crippen LogP contribution in [0, 0.1) is 12.7 Å². The van der Waals surface area contributed by atoms with E-state index < -0.39 is 6.04 Å². The number of phenolic OH excluding ortho intramolecular Hbond substituents is 1. The van der Waals surface area contributed by atoms with Gasteiger partial charge in [0.15, 0.2) is 0 Å². The monoisotopic (exact) mass is 359 g/mol. The lowest BCUT2D eigenvalue weighted by Gasteiger charge is -2.22. The van der Waals surface area contributed by atoms with E-state index in [0.717, 1.165) is 10.9 Å². The van der Waals surface area contributed by atoms with Crippen molar-refractivity contribution >= 4 is 16.7 Å². The van der Waals surface area contributed by atoms with E-state index in [2.05, 4.69) is 15.3 Å². The van der Waals surface area contributed by atoms with Crippen molar-refractivity contribution in [2.75, 3.05) is 5.32 Å². The van der Waals surface area contributed by atoms with Crippen molar-refractivity contribution in [3.8, 4) is 5.75 Å². The lowest BCUT2D eigenvalue weighted by Crippen LogP contribution is -2.15. The van der Waals surface area contributed by atoms with Crippen molar-refractivity contribution in [2.45, 2.75) is 13.0 Å². The first-order chi connectivity index (χ1) is 13.1. The summed E-state index contributed by atoms with van der Waals surface area (Å²) in [6.07, 6.45) is 3.29. The highest BCUT2D eigenvalue weighted by atomic mass is 19.1. The maximum atomic E-state index is 14.7. The van der Waals surface area contributed by atoms with Crippen LogP contribution in [0.4, 0.5) is 10.2 Å². The van der Waals surface area contributed by atoms with Crippen molar-refractivity contribution in [3.05, 3.63) is 95.6 Å². The van der Waals surface area contributed by atoms with Gasteiger partial charge >= 0.3 is 0 Å². The summed E-state index contributed by atoms with van der Waals surface area (Å²) >= 11 is 0. The van der Waals surface area contributed by atoms with Crippen LogP contribution < -0.4 is 5.32 Å². The minimum atomic E-state index is -0.619. The van der Waals surface area contributed by atoms with E-state index >= 15 is 0 Å². The third-order valence-electron chi connectivity index (χ3n) is 4.51. The molecule has 0 fully saturated rings. The first-order valence-corrected chi connectivity index (χ1v) is 8.63. The van der Waals surface area contributed by atoms with E-state index in [-0.39, 0.29) is 11.6 Å². The largest absolute Gasteiger partial charge is 0.505 e. The van der Waals surface area contributed by atoms with Crippen molar-refractivity contribution in [1.82, 2.24) is 9.97 Å². The standard InChI is InChI=1S/C22H18FN3O/c1-14-7-10-18(23)17(13-14)21(26-19-6-2-3-11-24-19)16-9-8-15-5-4-12-25-20(15)22(16)27/h2-13,21,27H,1H3,(H,24,26). The van der Waals surface area contributed by atoms with Gasteiger partial charge in [-0.05, 0) is 31.2 Å². The van der Waals surface area contributed by atoms with Crippen LogP contribution in [-0.4, -0.2) is 15.1 Å². The Balaban J connectivity index is 1.90. The van der Waals surface area contributed by atoms with Gasteiger partial charge in [0.1, 0.15) is 22.9 Å². The quantitative estimate of drug-likeness (QED) is 0.539. The molecule has 1 atom stereocenters. The van der Waals surface area contributed by atoms with Crippen molar-refractivity contribution in [2.24, 2.45) is 0 Å². The molecule has 4 aromatic rings. The Morgan fingerprint density at radius 1 is 0.926 bits per heavy atom. The molecular weight excluding hydrogens is 341 g/mol. The summed E-state index contributed by atoms with van der Waals surface area (Å²) in [5.41, 5.74) is 2.39. The molecule has 2 aromatic carbocycles. The molecule has 0 bridgehead atoms. The molecule has 0 amide bonds. The maximum Gasteiger partial charge on any atom is 0.147 e. The second-order valence-corrected chi connectivity index (χ2v) is 6.40. The molecule has 2 aromatic heterocycles. The molecule has 0 radical (unpaired) electrons. The zero-order chi connectivity index (χ0) is 18.8.